The number of pyridine rings is 1. The third kappa shape index (κ3) is 2.33. The number of imidazole rings is 1. The molecule has 1 unspecified atom stereocenters. The van der Waals surface area contributed by atoms with Crippen molar-refractivity contribution in [2.75, 3.05) is 19.7 Å². The molecule has 0 radical (unpaired) electrons. The van der Waals surface area contributed by atoms with E-state index < -0.39 is 0 Å². The fraction of sp³-hybridized carbons (Fsp3) is 0.429. The molecule has 19 heavy (non-hydrogen) atoms. The Morgan fingerprint density at radius 1 is 1.47 bits per heavy atom. The fourth-order valence-electron chi connectivity index (χ4n) is 2.64. The van der Waals surface area contributed by atoms with Gasteiger partial charge in [-0.25, -0.2) is 4.98 Å². The minimum Gasteiger partial charge on any atom is -0.396 e. The van der Waals surface area contributed by atoms with E-state index in [2.05, 4.69) is 4.98 Å². The summed E-state index contributed by atoms with van der Waals surface area (Å²) in [7, 11) is 0. The van der Waals surface area contributed by atoms with Gasteiger partial charge in [0.1, 0.15) is 11.3 Å². The Balaban J connectivity index is 1.77. The zero-order valence-electron chi connectivity index (χ0n) is 10.7. The van der Waals surface area contributed by atoms with E-state index in [1.165, 1.54) is 0 Å². The number of carbonyl (C=O) groups excluding carboxylic acids is 1. The van der Waals surface area contributed by atoms with Gasteiger partial charge >= 0.3 is 0 Å². The molecule has 0 spiro atoms. The molecule has 3 heterocycles. The van der Waals surface area contributed by atoms with Crippen molar-refractivity contribution in [3.8, 4) is 0 Å². The van der Waals surface area contributed by atoms with Crippen molar-refractivity contribution in [2.24, 2.45) is 5.92 Å². The van der Waals surface area contributed by atoms with Gasteiger partial charge in [0, 0.05) is 32.1 Å². The highest BCUT2D eigenvalue weighted by atomic mass is 16.3. The van der Waals surface area contributed by atoms with E-state index in [9.17, 15) is 4.79 Å². The maximum atomic E-state index is 12.4. The highest BCUT2D eigenvalue weighted by molar-refractivity contribution is 5.93. The van der Waals surface area contributed by atoms with Crippen LogP contribution in [0, 0.1) is 5.92 Å². The SMILES string of the molecule is O=C(c1cn2ccccc2n1)N1CCC(CCO)C1. The number of hydrogen-bond acceptors (Lipinski definition) is 3. The molecule has 1 amide bonds. The molecule has 1 aliphatic rings. The predicted molar refractivity (Wildman–Crippen MR) is 70.9 cm³/mol. The lowest BCUT2D eigenvalue weighted by molar-refractivity contribution is 0.0779. The summed E-state index contributed by atoms with van der Waals surface area (Å²) in [5.74, 6) is 0.412. The molecule has 0 aliphatic carbocycles. The lowest BCUT2D eigenvalue weighted by atomic mass is 10.1. The van der Waals surface area contributed by atoms with E-state index in [-0.39, 0.29) is 12.5 Å². The quantitative estimate of drug-likeness (QED) is 0.900. The molecule has 0 aromatic carbocycles. The van der Waals surface area contributed by atoms with Gasteiger partial charge in [-0.3, -0.25) is 4.79 Å². The van der Waals surface area contributed by atoms with Gasteiger partial charge in [-0.1, -0.05) is 6.07 Å². The third-order valence-electron chi connectivity index (χ3n) is 3.69. The normalized spacial score (nSPS) is 19.2. The van der Waals surface area contributed by atoms with Gasteiger partial charge in [0.2, 0.25) is 0 Å². The maximum absolute atomic E-state index is 12.4. The van der Waals surface area contributed by atoms with E-state index in [1.807, 2.05) is 33.7 Å². The number of aliphatic hydroxyl groups excluding tert-OH is 1. The summed E-state index contributed by atoms with van der Waals surface area (Å²) in [6.45, 7) is 1.69. The van der Waals surface area contributed by atoms with E-state index in [4.69, 9.17) is 5.11 Å². The van der Waals surface area contributed by atoms with Gasteiger partial charge in [-0.2, -0.15) is 0 Å². The molecular weight excluding hydrogens is 242 g/mol. The molecule has 2 aromatic rings. The molecule has 1 atom stereocenters. The number of nitrogens with zero attached hydrogens (tertiary/aromatic N) is 3. The highest BCUT2D eigenvalue weighted by Gasteiger charge is 2.27. The first-order valence-corrected chi connectivity index (χ1v) is 6.62. The molecule has 5 nitrogen and oxygen atoms in total. The summed E-state index contributed by atoms with van der Waals surface area (Å²) in [5.41, 5.74) is 1.29. The summed E-state index contributed by atoms with van der Waals surface area (Å²) >= 11 is 0. The maximum Gasteiger partial charge on any atom is 0.274 e. The lowest BCUT2D eigenvalue weighted by Gasteiger charge is -2.14. The van der Waals surface area contributed by atoms with Crippen LogP contribution in [0.1, 0.15) is 23.3 Å². The van der Waals surface area contributed by atoms with E-state index in [1.54, 1.807) is 6.20 Å². The van der Waals surface area contributed by atoms with E-state index in [0.29, 0.717) is 11.6 Å². The van der Waals surface area contributed by atoms with E-state index in [0.717, 1.165) is 31.6 Å². The van der Waals surface area contributed by atoms with Crippen molar-refractivity contribution >= 4 is 11.6 Å². The first-order valence-electron chi connectivity index (χ1n) is 6.62. The van der Waals surface area contributed by atoms with Gasteiger partial charge in [-0.15, -0.1) is 0 Å². The Bertz CT molecular complexity index is 560. The molecule has 0 saturated carbocycles. The molecule has 0 bridgehead atoms. The van der Waals surface area contributed by atoms with Gasteiger partial charge in [0.15, 0.2) is 0 Å². The first-order chi connectivity index (χ1) is 9.28. The monoisotopic (exact) mass is 259 g/mol. The van der Waals surface area contributed by atoms with Crippen LogP contribution in [0.2, 0.25) is 0 Å². The number of carbonyl (C=O) groups is 1. The van der Waals surface area contributed by atoms with Crippen molar-refractivity contribution in [2.45, 2.75) is 12.8 Å². The van der Waals surface area contributed by atoms with Gasteiger partial charge in [0.05, 0.1) is 0 Å². The lowest BCUT2D eigenvalue weighted by Crippen LogP contribution is -2.29. The summed E-state index contributed by atoms with van der Waals surface area (Å²) in [6.07, 6.45) is 5.41. The molecule has 5 heteroatoms. The standard InChI is InChI=1S/C14H17N3O2/c18-8-5-11-4-7-17(9-11)14(19)12-10-16-6-2-1-3-13(16)15-12/h1-3,6,10-11,18H,4-5,7-9H2. The molecule has 3 rings (SSSR count). The van der Waals surface area contributed by atoms with Crippen LogP contribution in [0.25, 0.3) is 5.65 Å². The van der Waals surface area contributed by atoms with Gasteiger partial charge < -0.3 is 14.4 Å². The van der Waals surface area contributed by atoms with Crippen molar-refractivity contribution < 1.29 is 9.90 Å². The second kappa shape index (κ2) is 5.01. The number of amides is 1. The number of aliphatic hydroxyl groups is 1. The number of fused-ring (bicyclic) bond motifs is 1. The second-order valence-corrected chi connectivity index (χ2v) is 5.01. The van der Waals surface area contributed by atoms with Crippen LogP contribution in [0.3, 0.4) is 0 Å². The Labute approximate surface area is 111 Å². The Hall–Kier alpha value is -1.88. The van der Waals surface area contributed by atoms with Crippen LogP contribution < -0.4 is 0 Å². The number of hydrogen-bond donors (Lipinski definition) is 1. The summed E-state index contributed by atoms with van der Waals surface area (Å²) < 4.78 is 1.86. The Kier molecular flexibility index (Phi) is 3.21. The largest absolute Gasteiger partial charge is 0.396 e. The van der Waals surface area contributed by atoms with Crippen LogP contribution >= 0.6 is 0 Å². The highest BCUT2D eigenvalue weighted by Crippen LogP contribution is 2.21. The summed E-state index contributed by atoms with van der Waals surface area (Å²) in [6, 6.07) is 5.70. The number of aromatic nitrogens is 2. The van der Waals surface area contributed by atoms with Crippen LogP contribution in [-0.4, -0.2) is 45.0 Å². The Morgan fingerprint density at radius 2 is 2.37 bits per heavy atom. The van der Waals surface area contributed by atoms with E-state index >= 15 is 0 Å². The molecular formula is C14H17N3O2. The minimum atomic E-state index is -0.0101. The molecule has 1 aliphatic heterocycles. The number of rotatable bonds is 3. The minimum absolute atomic E-state index is 0.0101. The van der Waals surface area contributed by atoms with Gasteiger partial charge in [0.25, 0.3) is 5.91 Å². The zero-order valence-corrected chi connectivity index (χ0v) is 10.7. The smallest absolute Gasteiger partial charge is 0.274 e. The van der Waals surface area contributed by atoms with Crippen LogP contribution in [-0.2, 0) is 0 Å². The zero-order chi connectivity index (χ0) is 13.2. The second-order valence-electron chi connectivity index (χ2n) is 5.01. The van der Waals surface area contributed by atoms with Crippen LogP contribution in [0.5, 0.6) is 0 Å². The van der Waals surface area contributed by atoms with Crippen LogP contribution in [0.4, 0.5) is 0 Å². The molecule has 100 valence electrons. The van der Waals surface area contributed by atoms with Gasteiger partial charge in [-0.05, 0) is 30.9 Å². The first kappa shape index (κ1) is 12.2. The average Bonchev–Trinajstić information content (AvgIpc) is 3.04. The van der Waals surface area contributed by atoms with Crippen molar-refractivity contribution in [1.82, 2.24) is 14.3 Å². The average molecular weight is 259 g/mol. The van der Waals surface area contributed by atoms with Crippen LogP contribution in [0.15, 0.2) is 30.6 Å². The topological polar surface area (TPSA) is 57.8 Å². The summed E-state index contributed by atoms with van der Waals surface area (Å²) in [4.78, 5) is 18.5. The van der Waals surface area contributed by atoms with Crippen molar-refractivity contribution in [3.05, 3.63) is 36.3 Å². The molecule has 1 N–H and O–H groups in total. The fourth-order valence-corrected chi connectivity index (χ4v) is 2.64. The van der Waals surface area contributed by atoms with Crippen molar-refractivity contribution in [3.63, 3.8) is 0 Å². The third-order valence-corrected chi connectivity index (χ3v) is 3.69. The molecule has 1 fully saturated rings. The Morgan fingerprint density at radius 3 is 3.16 bits per heavy atom. The molecule has 2 aromatic heterocycles. The molecule has 1 saturated heterocycles. The van der Waals surface area contributed by atoms with Crippen molar-refractivity contribution in [1.29, 1.82) is 0 Å². The predicted octanol–water partition coefficient (Wildman–Crippen LogP) is 1.18. The number of likely N-dealkylation sites (tertiary alicyclic amines) is 1. The summed E-state index contributed by atoms with van der Waals surface area (Å²) in [5, 5.41) is 8.94.